The Balaban J connectivity index is 1.78. The van der Waals surface area contributed by atoms with Crippen LogP contribution in [-0.4, -0.2) is 33.9 Å². The highest BCUT2D eigenvalue weighted by atomic mass is 16.3. The van der Waals surface area contributed by atoms with Crippen molar-refractivity contribution < 1.29 is 9.66 Å². The summed E-state index contributed by atoms with van der Waals surface area (Å²) >= 11 is 0. The van der Waals surface area contributed by atoms with Gasteiger partial charge in [-0.1, -0.05) is 6.07 Å². The lowest BCUT2D eigenvalue weighted by molar-refractivity contribution is -0.656. The van der Waals surface area contributed by atoms with Crippen LogP contribution in [0.5, 0.6) is 0 Å². The van der Waals surface area contributed by atoms with Crippen molar-refractivity contribution in [1.82, 2.24) is 15.7 Å². The molecular weight excluding hydrogens is 372 g/mol. The number of pyridine rings is 1. The molecule has 1 aromatic carbocycles. The number of H-pyrrole nitrogens is 1. The highest BCUT2D eigenvalue weighted by Crippen LogP contribution is 2.22. The van der Waals surface area contributed by atoms with Crippen LogP contribution in [0.15, 0.2) is 23.0 Å². The topological polar surface area (TPSA) is 142 Å². The second-order valence-electron chi connectivity index (χ2n) is 7.21. The number of aryl methyl sites for hydroxylation is 1. The first-order chi connectivity index (χ1) is 13.8. The normalized spacial score (nSPS) is 19.7. The maximum atomic E-state index is 12.6. The highest BCUT2D eigenvalue weighted by Gasteiger charge is 2.39. The molecule has 29 heavy (non-hydrogen) atoms. The van der Waals surface area contributed by atoms with E-state index in [1.54, 1.807) is 32.0 Å². The van der Waals surface area contributed by atoms with E-state index in [1.165, 1.54) is 0 Å². The second kappa shape index (κ2) is 8.11. The van der Waals surface area contributed by atoms with Crippen molar-refractivity contribution in [3.05, 3.63) is 50.2 Å². The van der Waals surface area contributed by atoms with Gasteiger partial charge in [0.15, 0.2) is 6.04 Å². The maximum absolute atomic E-state index is 12.6. The van der Waals surface area contributed by atoms with Gasteiger partial charge in [0.05, 0.1) is 35.1 Å². The molecule has 1 aliphatic heterocycles. The van der Waals surface area contributed by atoms with Crippen molar-refractivity contribution in [2.45, 2.75) is 51.2 Å². The average molecular weight is 393 g/mol. The molecule has 3 rings (SSSR count). The van der Waals surface area contributed by atoms with Gasteiger partial charge < -0.3 is 10.3 Å². The number of benzene rings is 1. The molecule has 2 aromatic rings. The number of aromatic nitrogens is 1. The fourth-order valence-electron chi connectivity index (χ4n) is 3.76. The SMILES string of the molecule is Cc1c(CC(=O)N[C@H](C)C2CCC(C#N)N[N+]2=O)c(=O)[nH]c2cccc(C#N)c12. The number of nitroso groups, excluding NO2 is 1. The van der Waals surface area contributed by atoms with Gasteiger partial charge in [0.1, 0.15) is 4.87 Å². The minimum atomic E-state index is -0.528. The number of carbonyl (C=O) groups is 1. The van der Waals surface area contributed by atoms with Crippen molar-refractivity contribution in [2.24, 2.45) is 0 Å². The number of hydrogen-bond donors (Lipinski definition) is 3. The first kappa shape index (κ1) is 20.0. The van der Waals surface area contributed by atoms with Crippen LogP contribution in [0.25, 0.3) is 10.9 Å². The molecule has 2 heterocycles. The zero-order chi connectivity index (χ0) is 21.1. The third-order valence-electron chi connectivity index (χ3n) is 5.33. The van der Waals surface area contributed by atoms with Gasteiger partial charge in [0.2, 0.25) is 5.91 Å². The van der Waals surface area contributed by atoms with E-state index in [4.69, 9.17) is 5.26 Å². The molecule has 1 aromatic heterocycles. The molecule has 148 valence electrons. The minimum absolute atomic E-state index is 0.166. The van der Waals surface area contributed by atoms with Crippen LogP contribution in [0.2, 0.25) is 0 Å². The molecule has 0 bridgehead atoms. The Labute approximate surface area is 166 Å². The number of hydrogen-bond acceptors (Lipinski definition) is 5. The number of fused-ring (bicyclic) bond motifs is 1. The van der Waals surface area contributed by atoms with Crippen LogP contribution in [0.3, 0.4) is 0 Å². The quantitative estimate of drug-likeness (QED) is 0.664. The van der Waals surface area contributed by atoms with Gasteiger partial charge in [-0.3, -0.25) is 9.59 Å². The van der Waals surface area contributed by atoms with E-state index in [-0.39, 0.29) is 17.5 Å². The van der Waals surface area contributed by atoms with Crippen molar-refractivity contribution in [1.29, 1.82) is 10.5 Å². The first-order valence-electron chi connectivity index (χ1n) is 9.31. The molecule has 3 N–H and O–H groups in total. The third kappa shape index (κ3) is 3.94. The van der Waals surface area contributed by atoms with Gasteiger partial charge in [-0.05, 0) is 38.0 Å². The molecule has 0 spiro atoms. The van der Waals surface area contributed by atoms with E-state index in [1.807, 2.05) is 6.07 Å². The third-order valence-corrected chi connectivity index (χ3v) is 5.33. The summed E-state index contributed by atoms with van der Waals surface area (Å²) in [5, 5.41) is 21.6. The smallest absolute Gasteiger partial charge is 0.254 e. The molecule has 1 aliphatic rings. The van der Waals surface area contributed by atoms with Crippen LogP contribution in [-0.2, 0) is 11.2 Å². The molecular formula is C20H21N6O3+. The standard InChI is InChI=1S/C20H20N6O3/c1-11-15(20(28)24-16-5-3-4-13(9-21)19(11)16)8-18(27)23-12(2)17-7-6-14(10-22)25-26(17)29/h3-5,12,14,17H,6-8H2,1-2H3,(H2-,23,24,25,27,28,29)/p+1/t12-,14?,17?/m1/s1. The molecule has 0 aliphatic carbocycles. The van der Waals surface area contributed by atoms with Crippen LogP contribution < -0.4 is 16.3 Å². The monoisotopic (exact) mass is 393 g/mol. The number of carbonyl (C=O) groups excluding carboxylic acids is 1. The van der Waals surface area contributed by atoms with Gasteiger partial charge in [-0.25, -0.2) is 0 Å². The summed E-state index contributed by atoms with van der Waals surface area (Å²) < 4.78 is 0. The van der Waals surface area contributed by atoms with Crippen molar-refractivity contribution in [3.8, 4) is 12.1 Å². The molecule has 1 saturated heterocycles. The van der Waals surface area contributed by atoms with E-state index >= 15 is 0 Å². The number of amides is 1. The Bertz CT molecular complexity index is 1120. The second-order valence-corrected chi connectivity index (χ2v) is 7.21. The zero-order valence-electron chi connectivity index (χ0n) is 16.2. The number of nitriles is 2. The van der Waals surface area contributed by atoms with Crippen LogP contribution in [0.1, 0.15) is 36.5 Å². The predicted molar refractivity (Wildman–Crippen MR) is 105 cm³/mol. The summed E-state index contributed by atoms with van der Waals surface area (Å²) in [6, 6.07) is 7.66. The molecule has 1 fully saturated rings. The largest absolute Gasteiger partial charge is 0.346 e. The van der Waals surface area contributed by atoms with Crippen molar-refractivity contribution in [3.63, 3.8) is 0 Å². The predicted octanol–water partition coefficient (Wildman–Crippen LogP) is 1.09. The van der Waals surface area contributed by atoms with Crippen LogP contribution >= 0.6 is 0 Å². The minimum Gasteiger partial charge on any atom is -0.346 e. The molecule has 9 nitrogen and oxygen atoms in total. The zero-order valence-corrected chi connectivity index (χ0v) is 16.2. The number of hydrazine groups is 1. The number of nitrogens with zero attached hydrogens (tertiary/aromatic N) is 3. The summed E-state index contributed by atoms with van der Waals surface area (Å²) in [5.74, 6) is -0.393. The summed E-state index contributed by atoms with van der Waals surface area (Å²) in [6.07, 6.45) is 0.818. The van der Waals surface area contributed by atoms with E-state index in [9.17, 15) is 19.8 Å². The summed E-state index contributed by atoms with van der Waals surface area (Å²) in [4.78, 5) is 40.5. The number of rotatable bonds is 4. The Hall–Kier alpha value is -3.72. The Morgan fingerprint density at radius 3 is 2.79 bits per heavy atom. The molecule has 9 heteroatoms. The van der Waals surface area contributed by atoms with Crippen molar-refractivity contribution >= 4 is 16.8 Å². The lowest BCUT2D eigenvalue weighted by atomic mass is 9.97. The maximum Gasteiger partial charge on any atom is 0.254 e. The lowest BCUT2D eigenvalue weighted by Gasteiger charge is -2.23. The molecule has 0 saturated carbocycles. The fourth-order valence-corrected chi connectivity index (χ4v) is 3.76. The Morgan fingerprint density at radius 1 is 1.38 bits per heavy atom. The lowest BCUT2D eigenvalue weighted by Crippen LogP contribution is -2.55. The van der Waals surface area contributed by atoms with Gasteiger partial charge >= 0.3 is 0 Å². The molecule has 0 radical (unpaired) electrons. The highest BCUT2D eigenvalue weighted by molar-refractivity contribution is 5.90. The Morgan fingerprint density at radius 2 is 2.14 bits per heavy atom. The van der Waals surface area contributed by atoms with E-state index in [2.05, 4.69) is 21.8 Å². The molecule has 1 amide bonds. The van der Waals surface area contributed by atoms with Gasteiger partial charge in [0.25, 0.3) is 11.6 Å². The fraction of sp³-hybridized carbons (Fsp3) is 0.400. The number of nitrogens with one attached hydrogen (secondary N) is 3. The van der Waals surface area contributed by atoms with E-state index in [0.29, 0.717) is 39.7 Å². The number of aromatic amines is 1. The van der Waals surface area contributed by atoms with Crippen LogP contribution in [0, 0.1) is 34.5 Å². The molecule has 3 atom stereocenters. The van der Waals surface area contributed by atoms with E-state index < -0.39 is 24.0 Å². The first-order valence-corrected chi connectivity index (χ1v) is 9.31. The Kier molecular flexibility index (Phi) is 5.60. The summed E-state index contributed by atoms with van der Waals surface area (Å²) in [7, 11) is 0. The summed E-state index contributed by atoms with van der Waals surface area (Å²) in [5.41, 5.74) is 4.02. The van der Waals surface area contributed by atoms with Crippen LogP contribution in [0.4, 0.5) is 0 Å². The van der Waals surface area contributed by atoms with Gasteiger partial charge in [0, 0.05) is 22.9 Å². The average Bonchev–Trinajstić information content (AvgIpc) is 2.70. The van der Waals surface area contributed by atoms with E-state index in [0.717, 1.165) is 0 Å². The van der Waals surface area contributed by atoms with Gasteiger partial charge in [-0.15, -0.1) is 5.43 Å². The molecule has 2 unspecified atom stereocenters. The van der Waals surface area contributed by atoms with Crippen molar-refractivity contribution in [2.75, 3.05) is 0 Å². The van der Waals surface area contributed by atoms with Gasteiger partial charge in [-0.2, -0.15) is 10.5 Å². The summed E-state index contributed by atoms with van der Waals surface area (Å²) in [6.45, 7) is 3.43.